The highest BCUT2D eigenvalue weighted by atomic mass is 35.5. The van der Waals surface area contributed by atoms with Crippen molar-refractivity contribution in [2.75, 3.05) is 7.11 Å². The molecule has 1 aromatic rings. The second kappa shape index (κ2) is 7.95. The summed E-state index contributed by atoms with van der Waals surface area (Å²) in [4.78, 5) is 25.3. The molecule has 2 fully saturated rings. The summed E-state index contributed by atoms with van der Waals surface area (Å²) < 4.78 is 31.4. The summed E-state index contributed by atoms with van der Waals surface area (Å²) in [6, 6.07) is 0.634. The molecular formula is C19H26ClNO5S. The maximum absolute atomic E-state index is 13.0. The van der Waals surface area contributed by atoms with E-state index in [9.17, 15) is 18.0 Å². The van der Waals surface area contributed by atoms with Crippen molar-refractivity contribution < 1.29 is 17.9 Å². The van der Waals surface area contributed by atoms with Crippen LogP contribution >= 0.6 is 11.6 Å². The zero-order valence-corrected chi connectivity index (χ0v) is 17.3. The van der Waals surface area contributed by atoms with E-state index >= 15 is 0 Å². The van der Waals surface area contributed by atoms with E-state index in [0.717, 1.165) is 25.7 Å². The van der Waals surface area contributed by atoms with Crippen LogP contribution in [0.5, 0.6) is 0 Å². The summed E-state index contributed by atoms with van der Waals surface area (Å²) in [5.41, 5.74) is -0.225. The highest BCUT2D eigenvalue weighted by Gasteiger charge is 2.40. The van der Waals surface area contributed by atoms with Gasteiger partial charge in [0.2, 0.25) is 0 Å². The number of carbonyl (C=O) groups is 1. The van der Waals surface area contributed by atoms with Gasteiger partial charge in [-0.3, -0.25) is 9.36 Å². The number of nitrogens with zero attached hydrogens (tertiary/aromatic N) is 1. The van der Waals surface area contributed by atoms with Crippen molar-refractivity contribution in [1.29, 1.82) is 0 Å². The first kappa shape index (κ1) is 20.4. The van der Waals surface area contributed by atoms with Crippen LogP contribution in [0, 0.1) is 12.8 Å². The fourth-order valence-electron chi connectivity index (χ4n) is 4.03. The number of methoxy groups -OCH3 is 1. The predicted molar refractivity (Wildman–Crippen MR) is 103 cm³/mol. The highest BCUT2D eigenvalue weighted by molar-refractivity contribution is 7.92. The standard InChI is InChI=1S/C19H26ClNO5S/c1-12-10-16(27(24,25)14-8-9-14)17(20)18(22)21(12)15(19(23)26-2)11-13-6-4-3-5-7-13/h10,13-15H,3-9,11H2,1-2H3. The van der Waals surface area contributed by atoms with Crippen LogP contribution in [-0.4, -0.2) is 31.3 Å². The molecule has 1 unspecified atom stereocenters. The fourth-order valence-corrected chi connectivity index (χ4v) is 6.28. The lowest BCUT2D eigenvalue weighted by atomic mass is 9.84. The maximum atomic E-state index is 13.0. The van der Waals surface area contributed by atoms with Crippen LogP contribution in [0.25, 0.3) is 0 Å². The van der Waals surface area contributed by atoms with Crippen molar-refractivity contribution in [3.63, 3.8) is 0 Å². The van der Waals surface area contributed by atoms with Gasteiger partial charge >= 0.3 is 5.97 Å². The van der Waals surface area contributed by atoms with E-state index in [-0.39, 0.29) is 9.92 Å². The van der Waals surface area contributed by atoms with E-state index in [4.69, 9.17) is 16.3 Å². The number of aryl methyl sites for hydroxylation is 1. The molecule has 0 N–H and O–H groups in total. The van der Waals surface area contributed by atoms with E-state index in [0.29, 0.717) is 30.9 Å². The SMILES string of the molecule is COC(=O)C(CC1CCCCC1)n1c(C)cc(S(=O)(=O)C2CC2)c(Cl)c1=O. The summed E-state index contributed by atoms with van der Waals surface area (Å²) in [7, 11) is -2.30. The van der Waals surface area contributed by atoms with E-state index in [1.807, 2.05) is 0 Å². The molecule has 6 nitrogen and oxygen atoms in total. The number of hydrogen-bond acceptors (Lipinski definition) is 5. The first-order valence-corrected chi connectivity index (χ1v) is 11.4. The molecule has 0 spiro atoms. The van der Waals surface area contributed by atoms with E-state index in [1.54, 1.807) is 6.92 Å². The largest absolute Gasteiger partial charge is 0.467 e. The van der Waals surface area contributed by atoms with Gasteiger partial charge in [-0.25, -0.2) is 13.2 Å². The Morgan fingerprint density at radius 1 is 1.26 bits per heavy atom. The Labute approximate surface area is 164 Å². The van der Waals surface area contributed by atoms with E-state index in [2.05, 4.69) is 0 Å². The van der Waals surface area contributed by atoms with Crippen molar-refractivity contribution >= 4 is 27.4 Å². The molecule has 8 heteroatoms. The summed E-state index contributed by atoms with van der Waals surface area (Å²) >= 11 is 6.20. The van der Waals surface area contributed by atoms with Crippen molar-refractivity contribution in [1.82, 2.24) is 4.57 Å². The molecule has 3 rings (SSSR count). The highest BCUT2D eigenvalue weighted by Crippen LogP contribution is 2.37. The monoisotopic (exact) mass is 415 g/mol. The van der Waals surface area contributed by atoms with Gasteiger partial charge in [0.25, 0.3) is 5.56 Å². The Bertz CT molecular complexity index is 882. The third kappa shape index (κ3) is 4.09. The van der Waals surface area contributed by atoms with Gasteiger partial charge in [0.05, 0.1) is 17.3 Å². The average molecular weight is 416 g/mol. The van der Waals surface area contributed by atoms with Crippen molar-refractivity contribution in [2.24, 2.45) is 5.92 Å². The van der Waals surface area contributed by atoms with Crippen LogP contribution < -0.4 is 5.56 Å². The molecule has 0 radical (unpaired) electrons. The lowest BCUT2D eigenvalue weighted by Gasteiger charge is -2.27. The normalized spacial score (nSPS) is 19.7. The van der Waals surface area contributed by atoms with Crippen molar-refractivity contribution in [3.05, 3.63) is 27.1 Å². The number of hydrogen-bond donors (Lipinski definition) is 0. The van der Waals surface area contributed by atoms with Gasteiger partial charge in [-0.2, -0.15) is 0 Å². The Hall–Kier alpha value is -1.34. The quantitative estimate of drug-likeness (QED) is 0.664. The maximum Gasteiger partial charge on any atom is 0.328 e. The molecule has 0 aromatic carbocycles. The van der Waals surface area contributed by atoms with Gasteiger partial charge in [-0.15, -0.1) is 0 Å². The number of rotatable bonds is 6. The summed E-state index contributed by atoms with van der Waals surface area (Å²) in [5, 5.41) is -0.784. The summed E-state index contributed by atoms with van der Waals surface area (Å²) in [6.45, 7) is 1.64. The zero-order chi connectivity index (χ0) is 19.8. The molecule has 0 aliphatic heterocycles. The van der Waals surface area contributed by atoms with Crippen LogP contribution in [0.3, 0.4) is 0 Å². The molecule has 2 aliphatic rings. The lowest BCUT2D eigenvalue weighted by Crippen LogP contribution is -2.35. The van der Waals surface area contributed by atoms with Gasteiger partial charge in [-0.1, -0.05) is 43.7 Å². The number of pyridine rings is 1. The molecule has 1 aromatic heterocycles. The van der Waals surface area contributed by atoms with E-state index in [1.165, 1.54) is 24.2 Å². The lowest BCUT2D eigenvalue weighted by molar-refractivity contribution is -0.145. The topological polar surface area (TPSA) is 82.4 Å². The first-order valence-electron chi connectivity index (χ1n) is 9.50. The summed E-state index contributed by atoms with van der Waals surface area (Å²) in [6.07, 6.45) is 7.14. The van der Waals surface area contributed by atoms with Gasteiger partial charge in [0.1, 0.15) is 11.1 Å². The van der Waals surface area contributed by atoms with Gasteiger partial charge in [0, 0.05) is 5.69 Å². The van der Waals surface area contributed by atoms with Crippen molar-refractivity contribution in [2.45, 2.75) is 74.5 Å². The molecule has 2 aliphatic carbocycles. The summed E-state index contributed by atoms with van der Waals surface area (Å²) in [5.74, 6) is -0.164. The van der Waals surface area contributed by atoms with Crippen LogP contribution in [0.2, 0.25) is 5.02 Å². The number of halogens is 1. The Balaban J connectivity index is 2.03. The van der Waals surface area contributed by atoms with Crippen molar-refractivity contribution in [3.8, 4) is 0 Å². The number of carbonyl (C=O) groups excluding carboxylic acids is 1. The van der Waals surface area contributed by atoms with Crippen LogP contribution in [0.4, 0.5) is 0 Å². The average Bonchev–Trinajstić information content (AvgIpc) is 3.49. The van der Waals surface area contributed by atoms with Crippen LogP contribution in [0.1, 0.15) is 63.1 Å². The molecule has 27 heavy (non-hydrogen) atoms. The van der Waals surface area contributed by atoms with Gasteiger partial charge < -0.3 is 4.74 Å². The molecule has 2 saturated carbocycles. The van der Waals surface area contributed by atoms with Crippen LogP contribution in [-0.2, 0) is 19.4 Å². The smallest absolute Gasteiger partial charge is 0.328 e. The molecular weight excluding hydrogens is 390 g/mol. The minimum absolute atomic E-state index is 0.119. The minimum atomic E-state index is -3.60. The zero-order valence-electron chi connectivity index (χ0n) is 15.7. The molecule has 1 atom stereocenters. The Kier molecular flexibility index (Phi) is 6.01. The third-order valence-corrected chi connectivity index (χ3v) is 8.44. The number of aromatic nitrogens is 1. The molecule has 0 amide bonds. The Morgan fingerprint density at radius 2 is 1.89 bits per heavy atom. The second-order valence-corrected chi connectivity index (χ2v) is 10.2. The fraction of sp³-hybridized carbons (Fsp3) is 0.684. The molecule has 0 bridgehead atoms. The molecule has 150 valence electrons. The molecule has 1 heterocycles. The molecule has 0 saturated heterocycles. The minimum Gasteiger partial charge on any atom is -0.467 e. The second-order valence-electron chi connectivity index (χ2n) is 7.66. The third-order valence-electron chi connectivity index (χ3n) is 5.68. The van der Waals surface area contributed by atoms with Crippen LogP contribution in [0.15, 0.2) is 15.8 Å². The predicted octanol–water partition coefficient (Wildman–Crippen LogP) is 3.43. The number of sulfone groups is 1. The Morgan fingerprint density at radius 3 is 2.44 bits per heavy atom. The number of esters is 1. The number of ether oxygens (including phenoxy) is 1. The van der Waals surface area contributed by atoms with Gasteiger partial charge in [0.15, 0.2) is 9.84 Å². The van der Waals surface area contributed by atoms with E-state index < -0.39 is 32.7 Å². The first-order chi connectivity index (χ1) is 12.8. The van der Waals surface area contributed by atoms with Gasteiger partial charge in [-0.05, 0) is 38.2 Å².